The molecule has 4 aromatic rings. The first-order chi connectivity index (χ1) is 14.9. The van der Waals surface area contributed by atoms with Crippen LogP contribution in [0, 0.1) is 6.92 Å². The molecule has 1 aliphatic rings. The second-order valence-corrected chi connectivity index (χ2v) is 8.79. The minimum Gasteiger partial charge on any atom is -0.457 e. The average molecular weight is 409 g/mol. The van der Waals surface area contributed by atoms with Gasteiger partial charge in [0.2, 0.25) is 0 Å². The Morgan fingerprint density at radius 1 is 0.645 bits per heavy atom. The van der Waals surface area contributed by atoms with Crippen molar-refractivity contribution < 1.29 is 4.74 Å². The zero-order valence-corrected chi connectivity index (χ0v) is 18.8. The number of ether oxygens (including phenoxy) is 1. The Kier molecular flexibility index (Phi) is 4.62. The fourth-order valence-corrected chi connectivity index (χ4v) is 4.68. The Balaban J connectivity index is 1.80. The Morgan fingerprint density at radius 3 is 1.74 bits per heavy atom. The summed E-state index contributed by atoms with van der Waals surface area (Å²) in [6, 6.07) is 26.4. The van der Waals surface area contributed by atoms with Gasteiger partial charge in [0.05, 0.1) is 0 Å². The number of hydrogen-bond acceptors (Lipinski definition) is 3. The summed E-state index contributed by atoms with van der Waals surface area (Å²) < 4.78 is 6.50. The molecule has 0 fully saturated rings. The van der Waals surface area contributed by atoms with Crippen molar-refractivity contribution in [3.63, 3.8) is 0 Å². The summed E-state index contributed by atoms with van der Waals surface area (Å²) in [7, 11) is 8.25. The molecule has 0 N–H and O–H groups in total. The quantitative estimate of drug-likeness (QED) is 0.336. The van der Waals surface area contributed by atoms with Crippen molar-refractivity contribution in [2.75, 3.05) is 38.0 Å². The van der Waals surface area contributed by atoms with Crippen LogP contribution in [0.4, 0.5) is 11.4 Å². The van der Waals surface area contributed by atoms with Crippen LogP contribution in [0.5, 0.6) is 11.5 Å². The third-order valence-corrected chi connectivity index (χ3v) is 6.33. The van der Waals surface area contributed by atoms with Crippen molar-refractivity contribution in [2.45, 2.75) is 12.8 Å². The first kappa shape index (κ1) is 19.5. The van der Waals surface area contributed by atoms with Crippen molar-refractivity contribution in [1.82, 2.24) is 0 Å². The molecule has 31 heavy (non-hydrogen) atoms. The second-order valence-electron chi connectivity index (χ2n) is 8.79. The summed E-state index contributed by atoms with van der Waals surface area (Å²) in [5.41, 5.74) is 7.34. The molecule has 3 nitrogen and oxygen atoms in total. The van der Waals surface area contributed by atoms with Gasteiger partial charge in [-0.2, -0.15) is 0 Å². The van der Waals surface area contributed by atoms with Crippen LogP contribution >= 0.6 is 0 Å². The minimum atomic E-state index is 0.121. The lowest BCUT2D eigenvalue weighted by Crippen LogP contribution is -2.15. The summed E-state index contributed by atoms with van der Waals surface area (Å²) in [5, 5.41) is 2.61. The van der Waals surface area contributed by atoms with Crippen LogP contribution in [0.15, 0.2) is 72.8 Å². The third kappa shape index (κ3) is 3.21. The highest BCUT2D eigenvalue weighted by Gasteiger charge is 2.30. The lowest BCUT2D eigenvalue weighted by molar-refractivity contribution is 0.453. The van der Waals surface area contributed by atoms with Gasteiger partial charge in [0.15, 0.2) is 0 Å². The number of aryl methyl sites for hydroxylation is 1. The van der Waals surface area contributed by atoms with Gasteiger partial charge in [-0.15, -0.1) is 0 Å². The van der Waals surface area contributed by atoms with Crippen LogP contribution in [0.1, 0.15) is 28.2 Å². The zero-order chi connectivity index (χ0) is 21.7. The maximum Gasteiger partial charge on any atom is 0.133 e. The molecular formula is C28H28N2O. The van der Waals surface area contributed by atoms with E-state index in [1.54, 1.807) is 0 Å². The molecule has 0 aliphatic carbocycles. The predicted octanol–water partition coefficient (Wildman–Crippen LogP) is 6.57. The first-order valence-electron chi connectivity index (χ1n) is 10.7. The van der Waals surface area contributed by atoms with Gasteiger partial charge in [0.25, 0.3) is 0 Å². The van der Waals surface area contributed by atoms with E-state index in [-0.39, 0.29) is 5.92 Å². The molecular weight excluding hydrogens is 380 g/mol. The number of nitrogens with zero attached hydrogens (tertiary/aromatic N) is 2. The van der Waals surface area contributed by atoms with Crippen LogP contribution < -0.4 is 14.5 Å². The molecule has 0 unspecified atom stereocenters. The SMILES string of the molecule is Cc1cccc2cccc(C3c4ccc(N(C)C)cc4Oc4cc(N(C)C)ccc43)c12. The van der Waals surface area contributed by atoms with Crippen LogP contribution in [0.2, 0.25) is 0 Å². The van der Waals surface area contributed by atoms with Crippen LogP contribution in [-0.4, -0.2) is 28.2 Å². The fourth-order valence-electron chi connectivity index (χ4n) is 4.68. The molecule has 1 heterocycles. The standard InChI is InChI=1S/C28H28N2O/c1-18-8-6-9-19-10-7-11-24(27(18)19)28-22-14-12-20(29(2)3)16-25(22)31-26-17-21(30(4)5)13-15-23(26)28/h6-17,28H,1-5H3. The van der Waals surface area contributed by atoms with E-state index in [0.717, 1.165) is 22.9 Å². The lowest BCUT2D eigenvalue weighted by atomic mass is 9.79. The van der Waals surface area contributed by atoms with Crippen molar-refractivity contribution in [3.8, 4) is 11.5 Å². The molecule has 0 radical (unpaired) electrons. The Hall–Kier alpha value is -3.46. The maximum absolute atomic E-state index is 6.50. The van der Waals surface area contributed by atoms with Crippen molar-refractivity contribution in [3.05, 3.63) is 95.1 Å². The van der Waals surface area contributed by atoms with E-state index in [2.05, 4.69) is 118 Å². The van der Waals surface area contributed by atoms with E-state index in [4.69, 9.17) is 4.74 Å². The number of anilines is 2. The topological polar surface area (TPSA) is 15.7 Å². The maximum atomic E-state index is 6.50. The van der Waals surface area contributed by atoms with Crippen LogP contribution in [0.3, 0.4) is 0 Å². The molecule has 3 heteroatoms. The normalized spacial score (nSPS) is 12.8. The molecule has 0 bridgehead atoms. The first-order valence-corrected chi connectivity index (χ1v) is 10.7. The van der Waals surface area contributed by atoms with Gasteiger partial charge in [0, 0.05) is 68.7 Å². The molecule has 0 spiro atoms. The monoisotopic (exact) mass is 408 g/mol. The van der Waals surface area contributed by atoms with Gasteiger partial charge < -0.3 is 14.5 Å². The highest BCUT2D eigenvalue weighted by molar-refractivity contribution is 5.90. The third-order valence-electron chi connectivity index (χ3n) is 6.33. The molecule has 0 atom stereocenters. The molecule has 5 rings (SSSR count). The zero-order valence-electron chi connectivity index (χ0n) is 18.8. The number of rotatable bonds is 3. The summed E-state index contributed by atoms with van der Waals surface area (Å²) >= 11 is 0. The van der Waals surface area contributed by atoms with E-state index < -0.39 is 0 Å². The molecule has 1 aliphatic heterocycles. The smallest absolute Gasteiger partial charge is 0.133 e. The van der Waals surface area contributed by atoms with Crippen LogP contribution in [-0.2, 0) is 0 Å². The summed E-state index contributed by atoms with van der Waals surface area (Å²) in [5.74, 6) is 1.99. The van der Waals surface area contributed by atoms with Crippen molar-refractivity contribution in [2.24, 2.45) is 0 Å². The van der Waals surface area contributed by atoms with Gasteiger partial charge in [-0.3, -0.25) is 0 Å². The molecule has 156 valence electrons. The largest absolute Gasteiger partial charge is 0.457 e. The van der Waals surface area contributed by atoms with Gasteiger partial charge in [-0.25, -0.2) is 0 Å². The number of benzene rings is 4. The number of hydrogen-bond donors (Lipinski definition) is 0. The van der Waals surface area contributed by atoms with Gasteiger partial charge >= 0.3 is 0 Å². The Labute approximate surface area is 184 Å². The minimum absolute atomic E-state index is 0.121. The summed E-state index contributed by atoms with van der Waals surface area (Å²) in [4.78, 5) is 4.24. The van der Waals surface area contributed by atoms with Crippen molar-refractivity contribution >= 4 is 22.1 Å². The van der Waals surface area contributed by atoms with E-state index in [1.807, 2.05) is 0 Å². The molecule has 0 aromatic heterocycles. The molecule has 4 aromatic carbocycles. The van der Waals surface area contributed by atoms with Crippen molar-refractivity contribution in [1.29, 1.82) is 0 Å². The molecule has 0 amide bonds. The average Bonchev–Trinajstić information content (AvgIpc) is 2.76. The molecule has 0 saturated heterocycles. The van der Waals surface area contributed by atoms with E-state index in [1.165, 1.54) is 33.0 Å². The second kappa shape index (κ2) is 7.35. The highest BCUT2D eigenvalue weighted by Crippen LogP contribution is 2.50. The lowest BCUT2D eigenvalue weighted by Gasteiger charge is -2.31. The van der Waals surface area contributed by atoms with Gasteiger partial charge in [0.1, 0.15) is 11.5 Å². The van der Waals surface area contributed by atoms with Gasteiger partial charge in [-0.1, -0.05) is 48.5 Å². The van der Waals surface area contributed by atoms with E-state index >= 15 is 0 Å². The highest BCUT2D eigenvalue weighted by atomic mass is 16.5. The van der Waals surface area contributed by atoms with Gasteiger partial charge in [-0.05, 0) is 41.0 Å². The summed E-state index contributed by atoms with van der Waals surface area (Å²) in [6.07, 6.45) is 0. The molecule has 0 saturated carbocycles. The number of fused-ring (bicyclic) bond motifs is 3. The van der Waals surface area contributed by atoms with Crippen LogP contribution in [0.25, 0.3) is 10.8 Å². The van der Waals surface area contributed by atoms with E-state index in [9.17, 15) is 0 Å². The predicted molar refractivity (Wildman–Crippen MR) is 131 cm³/mol. The fraction of sp³-hybridized carbons (Fsp3) is 0.214. The van der Waals surface area contributed by atoms with E-state index in [0.29, 0.717) is 0 Å². The Morgan fingerprint density at radius 2 is 1.19 bits per heavy atom. The summed E-state index contributed by atoms with van der Waals surface area (Å²) in [6.45, 7) is 2.21. The Bertz CT molecular complexity index is 1230.